The first-order valence-electron chi connectivity index (χ1n) is 7.33. The van der Waals surface area contributed by atoms with Crippen LogP contribution in [-0.2, 0) is 0 Å². The van der Waals surface area contributed by atoms with Gasteiger partial charge in [-0.1, -0.05) is 6.42 Å². The fourth-order valence-corrected chi connectivity index (χ4v) is 3.22. The summed E-state index contributed by atoms with van der Waals surface area (Å²) < 4.78 is 0. The van der Waals surface area contributed by atoms with Crippen LogP contribution >= 0.6 is 0 Å². The normalized spacial score (nSPS) is 32.8. The predicted molar refractivity (Wildman–Crippen MR) is 71.2 cm³/mol. The van der Waals surface area contributed by atoms with E-state index in [1.54, 1.807) is 0 Å². The molecule has 2 saturated heterocycles. The molecular formula is C14H28N2O. The molecule has 2 heterocycles. The number of hydrogen-bond acceptors (Lipinski definition) is 3. The Morgan fingerprint density at radius 3 is 2.29 bits per heavy atom. The van der Waals surface area contributed by atoms with Crippen molar-refractivity contribution in [2.45, 2.75) is 51.0 Å². The highest BCUT2D eigenvalue weighted by molar-refractivity contribution is 4.82. The highest BCUT2D eigenvalue weighted by Gasteiger charge is 2.27. The number of nitrogens with zero attached hydrogens (tertiary/aromatic N) is 2. The first-order valence-corrected chi connectivity index (χ1v) is 7.33. The number of rotatable bonds is 4. The lowest BCUT2D eigenvalue weighted by Crippen LogP contribution is -2.46. The Balaban J connectivity index is 1.61. The second-order valence-electron chi connectivity index (χ2n) is 6.13. The van der Waals surface area contributed by atoms with E-state index in [2.05, 4.69) is 9.80 Å². The second-order valence-corrected chi connectivity index (χ2v) is 6.13. The summed E-state index contributed by atoms with van der Waals surface area (Å²) >= 11 is 0. The summed E-state index contributed by atoms with van der Waals surface area (Å²) in [5.74, 6) is 0. The molecule has 2 aliphatic heterocycles. The number of hydrogen-bond donors (Lipinski definition) is 1. The molecule has 0 spiro atoms. The molecule has 0 saturated carbocycles. The van der Waals surface area contributed by atoms with E-state index < -0.39 is 5.60 Å². The first kappa shape index (κ1) is 13.3. The summed E-state index contributed by atoms with van der Waals surface area (Å²) in [5.41, 5.74) is -0.441. The van der Waals surface area contributed by atoms with E-state index in [4.69, 9.17) is 0 Å². The molecule has 0 unspecified atom stereocenters. The van der Waals surface area contributed by atoms with Crippen LogP contribution in [0.5, 0.6) is 0 Å². The van der Waals surface area contributed by atoms with Gasteiger partial charge >= 0.3 is 0 Å². The van der Waals surface area contributed by atoms with Crippen molar-refractivity contribution in [2.24, 2.45) is 0 Å². The topological polar surface area (TPSA) is 26.7 Å². The zero-order chi connectivity index (χ0) is 12.1. The van der Waals surface area contributed by atoms with Crippen LogP contribution in [0.3, 0.4) is 0 Å². The van der Waals surface area contributed by atoms with Crippen LogP contribution < -0.4 is 0 Å². The molecule has 2 aliphatic rings. The molecule has 0 aromatic heterocycles. The molecule has 0 aliphatic carbocycles. The fourth-order valence-electron chi connectivity index (χ4n) is 3.22. The Labute approximate surface area is 106 Å². The standard InChI is InChI=1S/C14H28N2O/c1-14(17)7-5-10-16(13-14)12-6-11-15-8-3-2-4-9-15/h17H,2-13H2,1H3/t14-/m1/s1. The van der Waals surface area contributed by atoms with E-state index in [9.17, 15) is 5.11 Å². The zero-order valence-electron chi connectivity index (χ0n) is 11.3. The van der Waals surface area contributed by atoms with Gasteiger partial charge in [0.2, 0.25) is 0 Å². The third kappa shape index (κ3) is 4.57. The SMILES string of the molecule is C[C@@]1(O)CCCN(CCCN2CCCCC2)C1. The number of likely N-dealkylation sites (tertiary alicyclic amines) is 2. The summed E-state index contributed by atoms with van der Waals surface area (Å²) in [6, 6.07) is 0. The lowest BCUT2D eigenvalue weighted by Gasteiger charge is -2.37. The molecule has 0 aromatic rings. The van der Waals surface area contributed by atoms with Crippen molar-refractivity contribution in [3.8, 4) is 0 Å². The summed E-state index contributed by atoms with van der Waals surface area (Å²) in [4.78, 5) is 5.04. The van der Waals surface area contributed by atoms with Crippen molar-refractivity contribution >= 4 is 0 Å². The maximum atomic E-state index is 10.0. The molecule has 0 amide bonds. The molecule has 3 heteroatoms. The van der Waals surface area contributed by atoms with Gasteiger partial charge in [-0.05, 0) is 71.8 Å². The van der Waals surface area contributed by atoms with Crippen molar-refractivity contribution in [1.29, 1.82) is 0 Å². The van der Waals surface area contributed by atoms with Crippen molar-refractivity contribution in [3.63, 3.8) is 0 Å². The molecule has 100 valence electrons. The predicted octanol–water partition coefficient (Wildman–Crippen LogP) is 1.71. The molecular weight excluding hydrogens is 212 g/mol. The van der Waals surface area contributed by atoms with Gasteiger partial charge in [0.25, 0.3) is 0 Å². The molecule has 2 fully saturated rings. The minimum absolute atomic E-state index is 0.441. The van der Waals surface area contributed by atoms with Crippen LogP contribution in [0.1, 0.15) is 45.4 Å². The highest BCUT2D eigenvalue weighted by atomic mass is 16.3. The number of β-amino-alcohol motifs (C(OH)–C–C–N with tert-alkyl or cyclic N) is 1. The van der Waals surface area contributed by atoms with Gasteiger partial charge in [0.15, 0.2) is 0 Å². The van der Waals surface area contributed by atoms with Gasteiger partial charge in [-0.2, -0.15) is 0 Å². The Morgan fingerprint density at radius 2 is 1.59 bits per heavy atom. The van der Waals surface area contributed by atoms with E-state index in [-0.39, 0.29) is 0 Å². The van der Waals surface area contributed by atoms with E-state index in [0.29, 0.717) is 0 Å². The first-order chi connectivity index (χ1) is 8.16. The summed E-state index contributed by atoms with van der Waals surface area (Å²) in [5, 5.41) is 10.0. The van der Waals surface area contributed by atoms with Crippen molar-refractivity contribution in [3.05, 3.63) is 0 Å². The van der Waals surface area contributed by atoms with Crippen LogP contribution in [-0.4, -0.2) is 59.8 Å². The monoisotopic (exact) mass is 240 g/mol. The number of piperidine rings is 2. The summed E-state index contributed by atoms with van der Waals surface area (Å²) in [6.07, 6.45) is 7.57. The Bertz CT molecular complexity index is 224. The lowest BCUT2D eigenvalue weighted by molar-refractivity contribution is -0.0163. The Kier molecular flexibility index (Phi) is 4.83. The molecule has 17 heavy (non-hydrogen) atoms. The fraction of sp³-hybridized carbons (Fsp3) is 1.00. The van der Waals surface area contributed by atoms with Gasteiger partial charge in [-0.3, -0.25) is 0 Å². The van der Waals surface area contributed by atoms with Crippen LogP contribution in [0, 0.1) is 0 Å². The van der Waals surface area contributed by atoms with Gasteiger partial charge in [0.05, 0.1) is 5.60 Å². The zero-order valence-corrected chi connectivity index (χ0v) is 11.3. The van der Waals surface area contributed by atoms with E-state index in [1.165, 1.54) is 51.9 Å². The quantitative estimate of drug-likeness (QED) is 0.810. The second kappa shape index (κ2) is 6.17. The van der Waals surface area contributed by atoms with Crippen molar-refractivity contribution < 1.29 is 5.11 Å². The molecule has 0 radical (unpaired) electrons. The van der Waals surface area contributed by atoms with Gasteiger partial charge < -0.3 is 14.9 Å². The van der Waals surface area contributed by atoms with Gasteiger partial charge in [-0.15, -0.1) is 0 Å². The third-order valence-corrected chi connectivity index (χ3v) is 4.15. The van der Waals surface area contributed by atoms with E-state index in [1.807, 2.05) is 6.92 Å². The molecule has 0 aromatic carbocycles. The van der Waals surface area contributed by atoms with Crippen LogP contribution in [0.2, 0.25) is 0 Å². The molecule has 2 rings (SSSR count). The van der Waals surface area contributed by atoms with Gasteiger partial charge in [0, 0.05) is 6.54 Å². The average molecular weight is 240 g/mol. The Hall–Kier alpha value is -0.120. The largest absolute Gasteiger partial charge is 0.389 e. The lowest BCUT2D eigenvalue weighted by atomic mass is 9.95. The third-order valence-electron chi connectivity index (χ3n) is 4.15. The number of aliphatic hydroxyl groups is 1. The highest BCUT2D eigenvalue weighted by Crippen LogP contribution is 2.20. The molecule has 1 atom stereocenters. The van der Waals surface area contributed by atoms with Crippen molar-refractivity contribution in [2.75, 3.05) is 39.3 Å². The maximum Gasteiger partial charge on any atom is 0.0746 e. The minimum Gasteiger partial charge on any atom is -0.389 e. The molecule has 0 bridgehead atoms. The average Bonchev–Trinajstić information content (AvgIpc) is 2.29. The minimum atomic E-state index is -0.441. The van der Waals surface area contributed by atoms with Crippen molar-refractivity contribution in [1.82, 2.24) is 9.80 Å². The summed E-state index contributed by atoms with van der Waals surface area (Å²) in [6.45, 7) is 9.04. The Morgan fingerprint density at radius 1 is 0.941 bits per heavy atom. The smallest absolute Gasteiger partial charge is 0.0746 e. The van der Waals surface area contributed by atoms with Crippen LogP contribution in [0.4, 0.5) is 0 Å². The molecule has 3 nitrogen and oxygen atoms in total. The van der Waals surface area contributed by atoms with Gasteiger partial charge in [-0.25, -0.2) is 0 Å². The summed E-state index contributed by atoms with van der Waals surface area (Å²) in [7, 11) is 0. The van der Waals surface area contributed by atoms with E-state index in [0.717, 1.165) is 25.9 Å². The maximum absolute atomic E-state index is 10.0. The van der Waals surface area contributed by atoms with Crippen LogP contribution in [0.25, 0.3) is 0 Å². The van der Waals surface area contributed by atoms with Crippen LogP contribution in [0.15, 0.2) is 0 Å². The van der Waals surface area contributed by atoms with E-state index >= 15 is 0 Å². The van der Waals surface area contributed by atoms with Gasteiger partial charge in [0.1, 0.15) is 0 Å². The molecule has 1 N–H and O–H groups in total.